The van der Waals surface area contributed by atoms with Crippen LogP contribution in [0, 0.1) is 0 Å². The van der Waals surface area contributed by atoms with E-state index in [2.05, 4.69) is 20.6 Å². The van der Waals surface area contributed by atoms with Crippen LogP contribution in [0.2, 0.25) is 0 Å². The average Bonchev–Trinajstić information content (AvgIpc) is 3.07. The molecule has 1 fully saturated rings. The normalized spacial score (nSPS) is 14.7. The third kappa shape index (κ3) is 3.81. The molecule has 0 aromatic carbocycles. The van der Waals surface area contributed by atoms with Gasteiger partial charge in [0.05, 0.1) is 11.4 Å². The third-order valence-corrected chi connectivity index (χ3v) is 3.90. The maximum atomic E-state index is 11.8. The Balaban J connectivity index is 1.51. The molecule has 2 N–H and O–H groups in total. The number of nitrogens with one attached hydrogen (secondary N) is 2. The number of rotatable bonds is 4. The minimum atomic E-state index is -0.0966. The van der Waals surface area contributed by atoms with Gasteiger partial charge in [0.15, 0.2) is 0 Å². The lowest BCUT2D eigenvalue weighted by atomic mass is 10.2. The molecule has 0 bridgehead atoms. The van der Waals surface area contributed by atoms with Crippen LogP contribution in [0.15, 0.2) is 42.7 Å². The van der Waals surface area contributed by atoms with Gasteiger partial charge in [-0.25, -0.2) is 4.79 Å². The van der Waals surface area contributed by atoms with Crippen molar-refractivity contribution in [1.82, 2.24) is 20.6 Å². The van der Waals surface area contributed by atoms with Gasteiger partial charge in [-0.1, -0.05) is 25.0 Å². The lowest BCUT2D eigenvalue weighted by Gasteiger charge is -2.13. The third-order valence-electron chi connectivity index (χ3n) is 3.90. The van der Waals surface area contributed by atoms with E-state index < -0.39 is 0 Å². The predicted molar refractivity (Wildman–Crippen MR) is 85.1 cm³/mol. The Morgan fingerprint density at radius 1 is 1.09 bits per heavy atom. The van der Waals surface area contributed by atoms with Crippen LogP contribution < -0.4 is 10.6 Å². The Bertz CT molecular complexity index is 606. The van der Waals surface area contributed by atoms with Crippen LogP contribution in [0.4, 0.5) is 4.79 Å². The first-order valence-electron chi connectivity index (χ1n) is 7.72. The summed E-state index contributed by atoms with van der Waals surface area (Å²) in [6.07, 6.45) is 8.13. The minimum Gasteiger partial charge on any atom is -0.335 e. The van der Waals surface area contributed by atoms with Gasteiger partial charge in [0.25, 0.3) is 0 Å². The van der Waals surface area contributed by atoms with Crippen molar-refractivity contribution in [3.05, 3.63) is 48.3 Å². The molecule has 2 aromatic heterocycles. The van der Waals surface area contributed by atoms with Crippen molar-refractivity contribution in [3.8, 4) is 11.4 Å². The van der Waals surface area contributed by atoms with E-state index in [-0.39, 0.29) is 6.03 Å². The van der Waals surface area contributed by atoms with E-state index in [4.69, 9.17) is 0 Å². The molecule has 5 nitrogen and oxygen atoms in total. The molecule has 2 amide bonds. The Morgan fingerprint density at radius 2 is 1.91 bits per heavy atom. The van der Waals surface area contributed by atoms with Crippen molar-refractivity contribution in [2.24, 2.45) is 0 Å². The van der Waals surface area contributed by atoms with Crippen LogP contribution in [-0.4, -0.2) is 22.0 Å². The fourth-order valence-electron chi connectivity index (χ4n) is 2.68. The highest BCUT2D eigenvalue weighted by molar-refractivity contribution is 5.74. The molecule has 1 aliphatic rings. The quantitative estimate of drug-likeness (QED) is 0.911. The molecule has 5 heteroatoms. The number of carbonyl (C=O) groups is 1. The van der Waals surface area contributed by atoms with Crippen LogP contribution in [-0.2, 0) is 6.54 Å². The molecular weight excluding hydrogens is 276 g/mol. The number of nitrogens with zero attached hydrogens (tertiary/aromatic N) is 2. The highest BCUT2D eigenvalue weighted by Crippen LogP contribution is 2.17. The average molecular weight is 296 g/mol. The van der Waals surface area contributed by atoms with Gasteiger partial charge >= 0.3 is 6.03 Å². The Hall–Kier alpha value is -2.43. The van der Waals surface area contributed by atoms with E-state index in [9.17, 15) is 4.79 Å². The Labute approximate surface area is 130 Å². The van der Waals surface area contributed by atoms with E-state index >= 15 is 0 Å². The number of amides is 2. The van der Waals surface area contributed by atoms with Crippen LogP contribution in [0.3, 0.4) is 0 Å². The fourth-order valence-corrected chi connectivity index (χ4v) is 2.68. The van der Waals surface area contributed by atoms with Crippen molar-refractivity contribution < 1.29 is 4.79 Å². The van der Waals surface area contributed by atoms with Crippen molar-refractivity contribution in [1.29, 1.82) is 0 Å². The first kappa shape index (κ1) is 14.5. The Kier molecular flexibility index (Phi) is 4.63. The van der Waals surface area contributed by atoms with Crippen molar-refractivity contribution in [3.63, 3.8) is 0 Å². The number of pyridine rings is 2. The molecule has 114 valence electrons. The fraction of sp³-hybridized carbons (Fsp3) is 0.353. The lowest BCUT2D eigenvalue weighted by molar-refractivity contribution is 0.236. The monoisotopic (exact) mass is 296 g/mol. The summed E-state index contributed by atoms with van der Waals surface area (Å²) < 4.78 is 0. The number of hydrogen-bond donors (Lipinski definition) is 2. The molecule has 1 aliphatic carbocycles. The second-order valence-electron chi connectivity index (χ2n) is 5.58. The molecular formula is C17H20N4O. The van der Waals surface area contributed by atoms with Gasteiger partial charge in [-0.05, 0) is 36.6 Å². The molecule has 0 unspecified atom stereocenters. The van der Waals surface area contributed by atoms with Gasteiger partial charge in [-0.3, -0.25) is 9.97 Å². The van der Waals surface area contributed by atoms with Gasteiger partial charge in [0.2, 0.25) is 0 Å². The topological polar surface area (TPSA) is 66.9 Å². The van der Waals surface area contributed by atoms with Crippen LogP contribution in [0.25, 0.3) is 11.4 Å². The summed E-state index contributed by atoms with van der Waals surface area (Å²) in [6.45, 7) is 0.480. The summed E-state index contributed by atoms with van der Waals surface area (Å²) in [6, 6.07) is 9.87. The SMILES string of the molecule is O=C(NCc1ccc(-c2ccccn2)nc1)NC1CCCC1. The molecule has 3 rings (SSSR count). The smallest absolute Gasteiger partial charge is 0.315 e. The maximum absolute atomic E-state index is 11.8. The summed E-state index contributed by atoms with van der Waals surface area (Å²) in [5, 5.41) is 5.89. The number of hydrogen-bond acceptors (Lipinski definition) is 3. The van der Waals surface area contributed by atoms with Crippen LogP contribution in [0.5, 0.6) is 0 Å². The summed E-state index contributed by atoms with van der Waals surface area (Å²) in [5.41, 5.74) is 2.65. The van der Waals surface area contributed by atoms with E-state index in [0.29, 0.717) is 12.6 Å². The minimum absolute atomic E-state index is 0.0966. The van der Waals surface area contributed by atoms with Crippen LogP contribution >= 0.6 is 0 Å². The molecule has 2 heterocycles. The van der Waals surface area contributed by atoms with Gasteiger partial charge < -0.3 is 10.6 Å². The number of aromatic nitrogens is 2. The van der Waals surface area contributed by atoms with E-state index in [1.54, 1.807) is 12.4 Å². The zero-order valence-corrected chi connectivity index (χ0v) is 12.5. The van der Waals surface area contributed by atoms with E-state index in [0.717, 1.165) is 29.8 Å². The lowest BCUT2D eigenvalue weighted by Crippen LogP contribution is -2.40. The highest BCUT2D eigenvalue weighted by atomic mass is 16.2. The number of carbonyl (C=O) groups excluding carboxylic acids is 1. The molecule has 0 saturated heterocycles. The van der Waals surface area contributed by atoms with Gasteiger partial charge in [0.1, 0.15) is 0 Å². The Morgan fingerprint density at radius 3 is 2.59 bits per heavy atom. The van der Waals surface area contributed by atoms with E-state index in [1.807, 2.05) is 30.3 Å². The summed E-state index contributed by atoms with van der Waals surface area (Å²) in [5.74, 6) is 0. The molecule has 0 atom stereocenters. The number of urea groups is 1. The largest absolute Gasteiger partial charge is 0.335 e. The first-order valence-corrected chi connectivity index (χ1v) is 7.72. The van der Waals surface area contributed by atoms with Crippen molar-refractivity contribution >= 4 is 6.03 Å². The summed E-state index contributed by atoms with van der Waals surface area (Å²) >= 11 is 0. The zero-order valence-electron chi connectivity index (χ0n) is 12.5. The zero-order chi connectivity index (χ0) is 15.2. The molecule has 22 heavy (non-hydrogen) atoms. The molecule has 2 aromatic rings. The molecule has 0 radical (unpaired) electrons. The highest BCUT2D eigenvalue weighted by Gasteiger charge is 2.16. The van der Waals surface area contributed by atoms with Gasteiger partial charge in [-0.2, -0.15) is 0 Å². The standard InChI is InChI=1S/C17H20N4O/c22-17(21-14-5-1-2-6-14)20-12-13-8-9-16(19-11-13)15-7-3-4-10-18-15/h3-4,7-11,14H,1-2,5-6,12H2,(H2,20,21,22). The molecule has 1 saturated carbocycles. The molecule has 0 aliphatic heterocycles. The van der Waals surface area contributed by atoms with Crippen molar-refractivity contribution in [2.75, 3.05) is 0 Å². The molecule has 0 spiro atoms. The first-order chi connectivity index (χ1) is 10.8. The van der Waals surface area contributed by atoms with Crippen LogP contribution in [0.1, 0.15) is 31.2 Å². The summed E-state index contributed by atoms with van der Waals surface area (Å²) in [7, 11) is 0. The maximum Gasteiger partial charge on any atom is 0.315 e. The second kappa shape index (κ2) is 7.02. The van der Waals surface area contributed by atoms with Crippen molar-refractivity contribution in [2.45, 2.75) is 38.3 Å². The van der Waals surface area contributed by atoms with Gasteiger partial charge in [0, 0.05) is 25.0 Å². The summed E-state index contributed by atoms with van der Waals surface area (Å²) in [4.78, 5) is 20.5. The predicted octanol–water partition coefficient (Wildman–Crippen LogP) is 2.89. The van der Waals surface area contributed by atoms with E-state index in [1.165, 1.54) is 12.8 Å². The van der Waals surface area contributed by atoms with Gasteiger partial charge in [-0.15, -0.1) is 0 Å². The second-order valence-corrected chi connectivity index (χ2v) is 5.58.